The van der Waals surface area contributed by atoms with Gasteiger partial charge in [0.1, 0.15) is 29.5 Å². The lowest BCUT2D eigenvalue weighted by atomic mass is 10.2. The lowest BCUT2D eigenvalue weighted by molar-refractivity contribution is -0.117. The Hall–Kier alpha value is -4.33. The molecule has 3 aromatic rings. The standard InChI is InChI=1S/C26H26N4O4/c1-2-24(31)28-19-14-15-30(16-19)23-13-12-22(25(27)32)26(29-23)34-21-10-8-20(9-11-21)33-17-18-6-4-3-5-7-18/h2-13,19H,1,14-17H2,(H2,27,32)(H,28,31). The third-order valence-corrected chi connectivity index (χ3v) is 5.44. The molecule has 2 heterocycles. The maximum absolute atomic E-state index is 11.9. The molecule has 1 atom stereocenters. The van der Waals surface area contributed by atoms with Crippen LogP contribution in [0, 0.1) is 0 Å². The van der Waals surface area contributed by atoms with E-state index in [0.717, 1.165) is 12.0 Å². The smallest absolute Gasteiger partial charge is 0.254 e. The number of pyridine rings is 1. The number of amides is 2. The predicted octanol–water partition coefficient (Wildman–Crippen LogP) is 3.43. The van der Waals surface area contributed by atoms with Crippen LogP contribution in [-0.2, 0) is 11.4 Å². The molecule has 3 N–H and O–H groups in total. The van der Waals surface area contributed by atoms with E-state index >= 15 is 0 Å². The van der Waals surface area contributed by atoms with Gasteiger partial charge in [0.25, 0.3) is 5.91 Å². The van der Waals surface area contributed by atoms with Gasteiger partial charge >= 0.3 is 0 Å². The van der Waals surface area contributed by atoms with E-state index in [9.17, 15) is 9.59 Å². The Labute approximate surface area is 198 Å². The fourth-order valence-electron chi connectivity index (χ4n) is 3.67. The van der Waals surface area contributed by atoms with Crippen molar-refractivity contribution in [3.8, 4) is 17.4 Å². The van der Waals surface area contributed by atoms with Gasteiger partial charge in [-0.15, -0.1) is 0 Å². The summed E-state index contributed by atoms with van der Waals surface area (Å²) in [5.74, 6) is 1.12. The molecule has 34 heavy (non-hydrogen) atoms. The molecule has 1 aliphatic rings. The zero-order valence-electron chi connectivity index (χ0n) is 18.6. The second-order valence-corrected chi connectivity index (χ2v) is 7.88. The molecule has 1 saturated heterocycles. The zero-order valence-corrected chi connectivity index (χ0v) is 18.6. The highest BCUT2D eigenvalue weighted by atomic mass is 16.5. The van der Waals surface area contributed by atoms with E-state index in [2.05, 4.69) is 16.9 Å². The fourth-order valence-corrected chi connectivity index (χ4v) is 3.67. The van der Waals surface area contributed by atoms with Gasteiger partial charge in [-0.1, -0.05) is 36.9 Å². The van der Waals surface area contributed by atoms with Crippen molar-refractivity contribution in [1.82, 2.24) is 10.3 Å². The van der Waals surface area contributed by atoms with Crippen molar-refractivity contribution in [3.05, 3.63) is 90.5 Å². The molecular weight excluding hydrogens is 432 g/mol. The summed E-state index contributed by atoms with van der Waals surface area (Å²) in [6, 6.07) is 20.3. The van der Waals surface area contributed by atoms with Crippen molar-refractivity contribution >= 4 is 17.6 Å². The maximum Gasteiger partial charge on any atom is 0.254 e. The minimum atomic E-state index is -0.630. The van der Waals surface area contributed by atoms with Crippen LogP contribution >= 0.6 is 0 Å². The van der Waals surface area contributed by atoms with Crippen LogP contribution in [0.1, 0.15) is 22.3 Å². The highest BCUT2D eigenvalue weighted by molar-refractivity contribution is 5.95. The monoisotopic (exact) mass is 458 g/mol. The lowest BCUT2D eigenvalue weighted by Crippen LogP contribution is -2.36. The molecule has 0 radical (unpaired) electrons. The summed E-state index contributed by atoms with van der Waals surface area (Å²) in [5, 5.41) is 2.89. The van der Waals surface area contributed by atoms with Crippen LogP contribution in [-0.4, -0.2) is 35.9 Å². The third kappa shape index (κ3) is 5.72. The molecule has 0 spiro atoms. The molecule has 1 fully saturated rings. The highest BCUT2D eigenvalue weighted by Gasteiger charge is 2.25. The first-order chi connectivity index (χ1) is 16.5. The summed E-state index contributed by atoms with van der Waals surface area (Å²) >= 11 is 0. The SMILES string of the molecule is C=CC(=O)NC1CCN(c2ccc(C(N)=O)c(Oc3ccc(OCc4ccccc4)cc3)n2)C1. The van der Waals surface area contributed by atoms with Crippen LogP contribution in [0.4, 0.5) is 5.82 Å². The average Bonchev–Trinajstić information content (AvgIpc) is 3.32. The maximum atomic E-state index is 11.9. The van der Waals surface area contributed by atoms with Crippen LogP contribution < -0.4 is 25.4 Å². The van der Waals surface area contributed by atoms with E-state index in [0.29, 0.717) is 37.0 Å². The number of carbonyl (C=O) groups is 2. The summed E-state index contributed by atoms with van der Waals surface area (Å²) in [7, 11) is 0. The number of hydrogen-bond donors (Lipinski definition) is 2. The number of rotatable bonds is 9. The van der Waals surface area contributed by atoms with E-state index in [1.165, 1.54) is 6.08 Å². The first kappa shape index (κ1) is 22.8. The number of aromatic nitrogens is 1. The van der Waals surface area contributed by atoms with Crippen LogP contribution in [0.5, 0.6) is 17.4 Å². The van der Waals surface area contributed by atoms with Crippen molar-refractivity contribution in [2.24, 2.45) is 5.73 Å². The van der Waals surface area contributed by atoms with E-state index in [1.807, 2.05) is 35.2 Å². The molecule has 4 rings (SSSR count). The molecular formula is C26H26N4O4. The molecule has 0 saturated carbocycles. The zero-order chi connectivity index (χ0) is 23.9. The number of hydrogen-bond acceptors (Lipinski definition) is 6. The number of ether oxygens (including phenoxy) is 2. The van der Waals surface area contributed by atoms with Crippen molar-refractivity contribution in [3.63, 3.8) is 0 Å². The van der Waals surface area contributed by atoms with Gasteiger partial charge in [0, 0.05) is 19.1 Å². The minimum absolute atomic E-state index is 0.00378. The quantitative estimate of drug-likeness (QED) is 0.476. The van der Waals surface area contributed by atoms with Gasteiger partial charge in [-0.3, -0.25) is 9.59 Å². The van der Waals surface area contributed by atoms with E-state index in [4.69, 9.17) is 15.2 Å². The first-order valence-corrected chi connectivity index (χ1v) is 10.9. The largest absolute Gasteiger partial charge is 0.489 e. The Balaban J connectivity index is 1.45. The number of carbonyl (C=O) groups excluding carboxylic acids is 2. The summed E-state index contributed by atoms with van der Waals surface area (Å²) in [6.07, 6.45) is 2.03. The van der Waals surface area contributed by atoms with Gasteiger partial charge in [0.2, 0.25) is 11.8 Å². The normalized spacial score (nSPS) is 14.9. The van der Waals surface area contributed by atoms with E-state index in [1.54, 1.807) is 36.4 Å². The van der Waals surface area contributed by atoms with Crippen LogP contribution in [0.3, 0.4) is 0 Å². The molecule has 1 aliphatic heterocycles. The van der Waals surface area contributed by atoms with Gasteiger partial charge in [0.15, 0.2) is 0 Å². The second kappa shape index (κ2) is 10.5. The van der Waals surface area contributed by atoms with Crippen molar-refractivity contribution in [2.45, 2.75) is 19.1 Å². The Kier molecular flexibility index (Phi) is 7.07. The predicted molar refractivity (Wildman–Crippen MR) is 129 cm³/mol. The fraction of sp³-hybridized carbons (Fsp3) is 0.192. The number of nitrogens with zero attached hydrogens (tertiary/aromatic N) is 2. The lowest BCUT2D eigenvalue weighted by Gasteiger charge is -2.19. The van der Waals surface area contributed by atoms with Gasteiger partial charge in [-0.25, -0.2) is 0 Å². The van der Waals surface area contributed by atoms with Crippen molar-refractivity contribution < 1.29 is 19.1 Å². The van der Waals surface area contributed by atoms with Gasteiger partial charge in [-0.05, 0) is 54.5 Å². The molecule has 0 bridgehead atoms. The number of anilines is 1. The number of primary amides is 1. The molecule has 174 valence electrons. The van der Waals surface area contributed by atoms with Crippen LogP contribution in [0.25, 0.3) is 0 Å². The summed E-state index contributed by atoms with van der Waals surface area (Å²) < 4.78 is 11.7. The van der Waals surface area contributed by atoms with Crippen LogP contribution in [0.2, 0.25) is 0 Å². The molecule has 8 heteroatoms. The van der Waals surface area contributed by atoms with Crippen molar-refractivity contribution in [2.75, 3.05) is 18.0 Å². The molecule has 0 aliphatic carbocycles. The summed E-state index contributed by atoms with van der Waals surface area (Å²) in [4.78, 5) is 30.1. The topological polar surface area (TPSA) is 107 Å². The second-order valence-electron chi connectivity index (χ2n) is 7.88. The third-order valence-electron chi connectivity index (χ3n) is 5.44. The molecule has 1 aromatic heterocycles. The summed E-state index contributed by atoms with van der Waals surface area (Å²) in [5.41, 5.74) is 6.79. The van der Waals surface area contributed by atoms with E-state index in [-0.39, 0.29) is 23.4 Å². The Bertz CT molecular complexity index is 1170. The molecule has 2 amide bonds. The first-order valence-electron chi connectivity index (χ1n) is 10.9. The summed E-state index contributed by atoms with van der Waals surface area (Å²) in [6.45, 7) is 5.24. The van der Waals surface area contributed by atoms with Crippen molar-refractivity contribution in [1.29, 1.82) is 0 Å². The van der Waals surface area contributed by atoms with Gasteiger partial charge in [-0.2, -0.15) is 4.98 Å². The molecule has 2 aromatic carbocycles. The van der Waals surface area contributed by atoms with Crippen LogP contribution in [0.15, 0.2) is 79.4 Å². The molecule has 1 unspecified atom stereocenters. The Morgan fingerprint density at radius 3 is 2.53 bits per heavy atom. The minimum Gasteiger partial charge on any atom is -0.489 e. The van der Waals surface area contributed by atoms with Gasteiger partial charge in [0.05, 0.1) is 0 Å². The molecule has 8 nitrogen and oxygen atoms in total. The Morgan fingerprint density at radius 2 is 1.82 bits per heavy atom. The highest BCUT2D eigenvalue weighted by Crippen LogP contribution is 2.29. The van der Waals surface area contributed by atoms with Gasteiger partial charge < -0.3 is 25.4 Å². The number of nitrogens with one attached hydrogen (secondary N) is 1. The van der Waals surface area contributed by atoms with E-state index < -0.39 is 5.91 Å². The average molecular weight is 459 g/mol. The Morgan fingerprint density at radius 1 is 1.09 bits per heavy atom. The number of nitrogens with two attached hydrogens (primary N) is 1. The number of benzene rings is 2.